The van der Waals surface area contributed by atoms with Crippen molar-refractivity contribution in [3.63, 3.8) is 0 Å². The van der Waals surface area contributed by atoms with Gasteiger partial charge in [0.05, 0.1) is 0 Å². The minimum absolute atomic E-state index is 0.0143. The molecular weight excluding hydrogens is 292 g/mol. The number of hydrogen-bond acceptors (Lipinski definition) is 4. The number of rotatable bonds is 7. The summed E-state index contributed by atoms with van der Waals surface area (Å²) in [5.74, 6) is -0.787. The molecule has 1 atom stereocenters. The van der Waals surface area contributed by atoms with Gasteiger partial charge < -0.3 is 4.90 Å². The average molecular weight is 314 g/mol. The van der Waals surface area contributed by atoms with Crippen LogP contribution >= 0.6 is 0 Å². The van der Waals surface area contributed by atoms with E-state index < -0.39 is 5.91 Å². The van der Waals surface area contributed by atoms with Crippen LogP contribution in [0.1, 0.15) is 24.2 Å². The molecule has 2 amide bonds. The van der Waals surface area contributed by atoms with E-state index in [2.05, 4.69) is 0 Å². The second-order valence-electron chi connectivity index (χ2n) is 5.46. The van der Waals surface area contributed by atoms with Crippen LogP contribution in [0.5, 0.6) is 0 Å². The van der Waals surface area contributed by atoms with Crippen LogP contribution in [0, 0.1) is 5.92 Å². The van der Waals surface area contributed by atoms with Crippen molar-refractivity contribution >= 4 is 23.8 Å². The molecule has 1 rings (SSSR count). The fraction of sp³-hybridized carbons (Fsp3) is 0.278. The molecule has 5 nitrogen and oxygen atoms in total. The molecule has 0 aromatic heterocycles. The summed E-state index contributed by atoms with van der Waals surface area (Å²) >= 11 is 0. The summed E-state index contributed by atoms with van der Waals surface area (Å²) in [5, 5.41) is 2.01. The normalized spacial score (nSPS) is 12.8. The first-order valence-corrected chi connectivity index (χ1v) is 7.27. The molecule has 0 heterocycles. The number of nitrogens with one attached hydrogen (secondary N) is 1. The zero-order chi connectivity index (χ0) is 17.4. The van der Waals surface area contributed by atoms with Crippen LogP contribution in [0.25, 0.3) is 0 Å². The Bertz CT molecular complexity index is 628. The van der Waals surface area contributed by atoms with E-state index in [1.807, 2.05) is 55.5 Å². The summed E-state index contributed by atoms with van der Waals surface area (Å²) in [6.45, 7) is 3.61. The molecule has 0 fully saturated rings. The number of benzene rings is 1. The van der Waals surface area contributed by atoms with Crippen molar-refractivity contribution < 1.29 is 14.4 Å². The molecule has 0 radical (unpaired) electrons. The summed E-state index contributed by atoms with van der Waals surface area (Å²) < 4.78 is 0. The number of Topliss-reactive ketones (excluding diaryl/α,β-unsaturated/α-hetero) is 1. The third kappa shape index (κ3) is 5.90. The maximum Gasteiger partial charge on any atom is 0.250 e. The van der Waals surface area contributed by atoms with Crippen LogP contribution in [0.4, 0.5) is 5.69 Å². The molecule has 23 heavy (non-hydrogen) atoms. The molecule has 0 unspecified atom stereocenters. The maximum absolute atomic E-state index is 12.4. The molecule has 1 N–H and O–H groups in total. The van der Waals surface area contributed by atoms with Gasteiger partial charge in [-0.1, -0.05) is 24.6 Å². The van der Waals surface area contributed by atoms with E-state index in [4.69, 9.17) is 0 Å². The molecule has 0 spiro atoms. The Morgan fingerprint density at radius 3 is 2.26 bits per heavy atom. The Morgan fingerprint density at radius 2 is 1.74 bits per heavy atom. The average Bonchev–Trinajstić information content (AvgIpc) is 2.52. The largest absolute Gasteiger partial charge is 0.378 e. The third-order valence-electron chi connectivity index (χ3n) is 3.29. The number of anilines is 1. The first kappa shape index (κ1) is 18.4. The van der Waals surface area contributed by atoms with E-state index in [-0.39, 0.29) is 11.7 Å². The van der Waals surface area contributed by atoms with Crippen LogP contribution in [0.3, 0.4) is 0 Å². The van der Waals surface area contributed by atoms with Crippen molar-refractivity contribution in [3.8, 4) is 0 Å². The predicted octanol–water partition coefficient (Wildman–Crippen LogP) is 2.35. The Kier molecular flexibility index (Phi) is 6.93. The number of hydrogen-bond donors (Lipinski definition) is 1. The first-order valence-electron chi connectivity index (χ1n) is 7.27. The second-order valence-corrected chi connectivity index (χ2v) is 5.46. The maximum atomic E-state index is 12.4. The van der Waals surface area contributed by atoms with Crippen LogP contribution in [-0.4, -0.2) is 32.2 Å². The fourth-order valence-corrected chi connectivity index (χ4v) is 2.03. The van der Waals surface area contributed by atoms with Gasteiger partial charge in [0.25, 0.3) is 0 Å². The van der Waals surface area contributed by atoms with Crippen LogP contribution < -0.4 is 10.2 Å². The molecule has 0 aliphatic heterocycles. The van der Waals surface area contributed by atoms with Crippen molar-refractivity contribution in [2.75, 3.05) is 19.0 Å². The highest BCUT2D eigenvalue weighted by Crippen LogP contribution is 2.17. The van der Waals surface area contributed by atoms with Crippen molar-refractivity contribution in [2.24, 2.45) is 5.92 Å². The van der Waals surface area contributed by atoms with Crippen molar-refractivity contribution in [3.05, 3.63) is 53.6 Å². The summed E-state index contributed by atoms with van der Waals surface area (Å²) in [4.78, 5) is 35.6. The lowest BCUT2D eigenvalue weighted by atomic mass is 9.97. The molecule has 1 aromatic carbocycles. The number of carbonyl (C=O) groups excluding carboxylic acids is 3. The van der Waals surface area contributed by atoms with E-state index in [1.165, 1.54) is 6.08 Å². The Hall–Kier alpha value is -2.69. The van der Waals surface area contributed by atoms with E-state index in [1.54, 1.807) is 19.1 Å². The number of amides is 2. The molecule has 0 saturated carbocycles. The quantitative estimate of drug-likeness (QED) is 0.363. The van der Waals surface area contributed by atoms with Gasteiger partial charge in [0.15, 0.2) is 5.78 Å². The predicted molar refractivity (Wildman–Crippen MR) is 91.4 cm³/mol. The lowest BCUT2D eigenvalue weighted by Crippen LogP contribution is -2.18. The second kappa shape index (κ2) is 8.68. The van der Waals surface area contributed by atoms with Gasteiger partial charge in [-0.15, -0.1) is 0 Å². The number of nitrogens with zero attached hydrogens (tertiary/aromatic N) is 1. The minimum Gasteiger partial charge on any atom is -0.378 e. The topological polar surface area (TPSA) is 66.5 Å². The molecule has 0 saturated heterocycles. The summed E-state index contributed by atoms with van der Waals surface area (Å²) in [6.07, 6.45) is 4.93. The van der Waals surface area contributed by atoms with Crippen molar-refractivity contribution in [1.29, 1.82) is 0 Å². The molecule has 0 aliphatic rings. The van der Waals surface area contributed by atoms with E-state index >= 15 is 0 Å². The Balaban J connectivity index is 2.77. The SMILES string of the molecule is CC(/C=C/C(=O)NC=O)=C\[C@@H](C)C(=O)c1ccc(N(C)C)cc1. The molecular formula is C18H22N2O3. The monoisotopic (exact) mass is 314 g/mol. The first-order chi connectivity index (χ1) is 10.8. The standard InChI is InChI=1S/C18H22N2O3/c1-13(5-10-17(22)19-12-21)11-14(2)18(23)15-6-8-16(9-7-15)20(3)4/h5-12,14H,1-4H3,(H,19,21,22)/b10-5+,13-11+/t14-/m1/s1. The Labute approximate surface area is 136 Å². The van der Waals surface area contributed by atoms with Crippen molar-refractivity contribution in [2.45, 2.75) is 13.8 Å². The van der Waals surface area contributed by atoms with Crippen LogP contribution in [0.2, 0.25) is 0 Å². The van der Waals surface area contributed by atoms with E-state index in [0.29, 0.717) is 12.0 Å². The molecule has 1 aromatic rings. The molecule has 5 heteroatoms. The van der Waals surface area contributed by atoms with Gasteiger partial charge in [0.2, 0.25) is 12.3 Å². The third-order valence-corrected chi connectivity index (χ3v) is 3.29. The van der Waals surface area contributed by atoms with Crippen molar-refractivity contribution in [1.82, 2.24) is 5.32 Å². The van der Waals surface area contributed by atoms with Gasteiger partial charge in [-0.2, -0.15) is 0 Å². The van der Waals surface area contributed by atoms with Gasteiger partial charge in [-0.3, -0.25) is 19.7 Å². The molecule has 122 valence electrons. The molecule has 0 aliphatic carbocycles. The van der Waals surface area contributed by atoms with Crippen LogP contribution in [-0.2, 0) is 9.59 Å². The number of ketones is 1. The summed E-state index contributed by atoms with van der Waals surface area (Å²) in [5.41, 5.74) is 2.46. The lowest BCUT2D eigenvalue weighted by Gasteiger charge is -2.13. The van der Waals surface area contributed by atoms with Gasteiger partial charge in [-0.05, 0) is 31.2 Å². The number of carbonyl (C=O) groups is 3. The van der Waals surface area contributed by atoms with Gasteiger partial charge in [0.1, 0.15) is 0 Å². The fourth-order valence-electron chi connectivity index (χ4n) is 2.03. The number of allylic oxidation sites excluding steroid dienone is 3. The Morgan fingerprint density at radius 1 is 1.13 bits per heavy atom. The summed E-state index contributed by atoms with van der Waals surface area (Å²) in [6, 6.07) is 7.43. The highest BCUT2D eigenvalue weighted by Gasteiger charge is 2.13. The van der Waals surface area contributed by atoms with E-state index in [9.17, 15) is 14.4 Å². The highest BCUT2D eigenvalue weighted by atomic mass is 16.2. The zero-order valence-electron chi connectivity index (χ0n) is 13.9. The number of imide groups is 1. The zero-order valence-corrected chi connectivity index (χ0v) is 13.9. The van der Waals surface area contributed by atoms with Gasteiger partial charge >= 0.3 is 0 Å². The van der Waals surface area contributed by atoms with E-state index in [0.717, 1.165) is 11.3 Å². The van der Waals surface area contributed by atoms with Crippen LogP contribution in [0.15, 0.2) is 48.1 Å². The van der Waals surface area contributed by atoms with Gasteiger partial charge in [-0.25, -0.2) is 0 Å². The lowest BCUT2D eigenvalue weighted by molar-refractivity contribution is -0.121. The smallest absolute Gasteiger partial charge is 0.250 e. The summed E-state index contributed by atoms with van der Waals surface area (Å²) in [7, 11) is 3.89. The molecule has 0 bridgehead atoms. The minimum atomic E-state index is -0.494. The highest BCUT2D eigenvalue weighted by molar-refractivity contribution is 5.99. The van der Waals surface area contributed by atoms with Gasteiger partial charge in [0, 0.05) is 37.3 Å².